The number of nitrogens with zero attached hydrogens (tertiary/aromatic N) is 1. The van der Waals surface area contributed by atoms with Crippen molar-refractivity contribution in [1.29, 1.82) is 0 Å². The Bertz CT molecular complexity index is 1880. The van der Waals surface area contributed by atoms with Crippen LogP contribution in [0.5, 0.6) is 0 Å². The molecule has 4 aromatic carbocycles. The highest BCUT2D eigenvalue weighted by molar-refractivity contribution is 7.92. The monoisotopic (exact) mass is 645 g/mol. The zero-order valence-electron chi connectivity index (χ0n) is 24.1. The second kappa shape index (κ2) is 12.5. The number of sulfonamides is 1. The molecule has 0 radical (unpaired) electrons. The highest BCUT2D eigenvalue weighted by Crippen LogP contribution is 2.31. The van der Waals surface area contributed by atoms with E-state index in [0.29, 0.717) is 33.4 Å². The number of hydrogen-bond donors (Lipinski definition) is 1. The van der Waals surface area contributed by atoms with Crippen molar-refractivity contribution in [3.05, 3.63) is 118 Å². The van der Waals surface area contributed by atoms with Gasteiger partial charge in [0.1, 0.15) is 0 Å². The van der Waals surface area contributed by atoms with Crippen LogP contribution in [0.1, 0.15) is 33.4 Å². The van der Waals surface area contributed by atoms with Gasteiger partial charge < -0.3 is 5.11 Å². The highest BCUT2D eigenvalue weighted by Gasteiger charge is 2.31. The van der Waals surface area contributed by atoms with Crippen molar-refractivity contribution in [3.63, 3.8) is 0 Å². The zero-order chi connectivity index (χ0) is 32.4. The molecular weight excluding hydrogens is 615 g/mol. The van der Waals surface area contributed by atoms with Gasteiger partial charge in [0.05, 0.1) is 15.4 Å². The maximum atomic E-state index is 14.1. The quantitative estimate of drug-likeness (QED) is 0.210. The molecule has 232 valence electrons. The summed E-state index contributed by atoms with van der Waals surface area (Å²) >= 11 is 0. The van der Waals surface area contributed by atoms with Gasteiger partial charge in [-0.1, -0.05) is 66.2 Å². The molecule has 4 rings (SSSR count). The number of alkyl halides is 3. The maximum Gasteiger partial charge on any atom is 0.416 e. The molecule has 0 spiro atoms. The number of aryl methyl sites for hydroxylation is 3. The van der Waals surface area contributed by atoms with Gasteiger partial charge in [-0.25, -0.2) is 16.8 Å². The van der Waals surface area contributed by atoms with Crippen molar-refractivity contribution >= 4 is 25.8 Å². The molecule has 0 aromatic heterocycles. The molecule has 0 aliphatic heterocycles. The lowest BCUT2D eigenvalue weighted by Crippen LogP contribution is -2.31. The topological polar surface area (TPSA) is 109 Å². The third-order valence-electron chi connectivity index (χ3n) is 7.00. The lowest BCUT2D eigenvalue weighted by molar-refractivity contribution is -0.137. The van der Waals surface area contributed by atoms with E-state index < -0.39 is 43.3 Å². The van der Waals surface area contributed by atoms with Crippen molar-refractivity contribution in [2.45, 2.75) is 49.8 Å². The SMILES string of the molecule is Cc1cc(C)c(S(=O)(=O)N(Cc2ccc(-c3cccc(S(=O)(=O)CC(=O)O)c3)cc2)Cc2ccc(C(F)(F)F)cc2)c(C)c1. The van der Waals surface area contributed by atoms with Crippen LogP contribution in [0.15, 0.2) is 94.7 Å². The molecule has 12 heteroatoms. The summed E-state index contributed by atoms with van der Waals surface area (Å²) < 4.78 is 93.5. The Kier molecular flexibility index (Phi) is 9.38. The molecule has 0 bridgehead atoms. The van der Waals surface area contributed by atoms with Crippen LogP contribution < -0.4 is 0 Å². The number of carbonyl (C=O) groups is 1. The maximum absolute atomic E-state index is 14.1. The van der Waals surface area contributed by atoms with E-state index in [2.05, 4.69) is 0 Å². The first-order chi connectivity index (χ1) is 20.5. The third kappa shape index (κ3) is 7.55. The molecular formula is C32H30F3NO6S2. The van der Waals surface area contributed by atoms with Crippen LogP contribution in [0.3, 0.4) is 0 Å². The zero-order valence-corrected chi connectivity index (χ0v) is 25.7. The molecule has 0 heterocycles. The van der Waals surface area contributed by atoms with Gasteiger partial charge in [0.25, 0.3) is 0 Å². The van der Waals surface area contributed by atoms with Crippen LogP contribution in [0.2, 0.25) is 0 Å². The van der Waals surface area contributed by atoms with Gasteiger partial charge in [0.15, 0.2) is 15.6 Å². The number of hydrogen-bond acceptors (Lipinski definition) is 5. The molecule has 0 atom stereocenters. The Balaban J connectivity index is 1.69. The van der Waals surface area contributed by atoms with E-state index in [0.717, 1.165) is 17.7 Å². The lowest BCUT2D eigenvalue weighted by atomic mass is 10.0. The summed E-state index contributed by atoms with van der Waals surface area (Å²) in [6.45, 7) is 4.97. The van der Waals surface area contributed by atoms with Gasteiger partial charge in [0, 0.05) is 13.1 Å². The fraction of sp³-hybridized carbons (Fsp3) is 0.219. The fourth-order valence-corrected chi connectivity index (χ4v) is 7.96. The van der Waals surface area contributed by atoms with Crippen LogP contribution in [0, 0.1) is 20.8 Å². The van der Waals surface area contributed by atoms with E-state index in [4.69, 9.17) is 5.11 Å². The second-order valence-electron chi connectivity index (χ2n) is 10.6. The smallest absolute Gasteiger partial charge is 0.416 e. The molecule has 7 nitrogen and oxygen atoms in total. The molecule has 44 heavy (non-hydrogen) atoms. The van der Waals surface area contributed by atoms with Crippen LogP contribution in [-0.2, 0) is 43.9 Å². The molecule has 0 aliphatic carbocycles. The van der Waals surface area contributed by atoms with Crippen LogP contribution in [0.25, 0.3) is 11.1 Å². The Labute approximate surface area is 254 Å². The number of halogens is 3. The van der Waals surface area contributed by atoms with Gasteiger partial charge in [-0.2, -0.15) is 17.5 Å². The van der Waals surface area contributed by atoms with Gasteiger partial charge >= 0.3 is 12.1 Å². The second-order valence-corrected chi connectivity index (χ2v) is 14.4. The molecule has 0 saturated heterocycles. The minimum absolute atomic E-state index is 0.0938. The van der Waals surface area contributed by atoms with Crippen molar-refractivity contribution in [2.75, 3.05) is 5.75 Å². The van der Waals surface area contributed by atoms with E-state index in [9.17, 15) is 34.8 Å². The summed E-state index contributed by atoms with van der Waals surface area (Å²) in [5, 5.41) is 8.94. The molecule has 0 unspecified atom stereocenters. The average Bonchev–Trinajstić information content (AvgIpc) is 2.91. The van der Waals surface area contributed by atoms with Crippen molar-refractivity contribution in [3.8, 4) is 11.1 Å². The van der Waals surface area contributed by atoms with Crippen LogP contribution >= 0.6 is 0 Å². The van der Waals surface area contributed by atoms with Crippen LogP contribution in [-0.4, -0.2) is 38.0 Å². The van der Waals surface area contributed by atoms with E-state index >= 15 is 0 Å². The summed E-state index contributed by atoms with van der Waals surface area (Å²) in [5.74, 6) is -2.51. The largest absolute Gasteiger partial charge is 0.480 e. The van der Waals surface area contributed by atoms with Crippen molar-refractivity contribution in [1.82, 2.24) is 4.31 Å². The number of sulfone groups is 1. The fourth-order valence-electron chi connectivity index (χ4n) is 5.05. The Morgan fingerprint density at radius 1 is 0.750 bits per heavy atom. The number of carboxylic acids is 1. The Hall–Kier alpha value is -4.00. The highest BCUT2D eigenvalue weighted by atomic mass is 32.2. The molecule has 0 saturated carbocycles. The number of benzene rings is 4. The van der Waals surface area contributed by atoms with E-state index in [1.54, 1.807) is 56.3 Å². The van der Waals surface area contributed by atoms with Gasteiger partial charge in [-0.3, -0.25) is 4.79 Å². The summed E-state index contributed by atoms with van der Waals surface area (Å²) in [5.41, 5.74) is 3.24. The summed E-state index contributed by atoms with van der Waals surface area (Å²) in [7, 11) is -8.15. The van der Waals surface area contributed by atoms with E-state index in [1.165, 1.54) is 34.6 Å². The standard InChI is InChI=1S/C32H30F3NO6S2/c1-21-15-22(2)31(23(3)16-21)44(41,42)36(19-25-9-13-28(14-10-25)32(33,34)35)18-24-7-11-26(12-8-24)27-5-4-6-29(17-27)43(39,40)20-30(37)38/h4-17H,18-20H2,1-3H3,(H,37,38). The molecule has 0 aliphatic rings. The summed E-state index contributed by atoms with van der Waals surface area (Å²) in [6.07, 6.45) is -4.53. The predicted molar refractivity (Wildman–Crippen MR) is 160 cm³/mol. The molecule has 4 aromatic rings. The lowest BCUT2D eigenvalue weighted by Gasteiger charge is -2.25. The van der Waals surface area contributed by atoms with Crippen molar-refractivity contribution < 1.29 is 39.9 Å². The Morgan fingerprint density at radius 2 is 1.27 bits per heavy atom. The third-order valence-corrected chi connectivity index (χ3v) is 10.7. The predicted octanol–water partition coefficient (Wildman–Crippen LogP) is 6.55. The van der Waals surface area contributed by atoms with E-state index in [1.807, 2.05) is 6.92 Å². The van der Waals surface area contributed by atoms with Crippen LogP contribution in [0.4, 0.5) is 13.2 Å². The first kappa shape index (κ1) is 32.9. The molecule has 0 fully saturated rings. The average molecular weight is 646 g/mol. The molecule has 1 N–H and O–H groups in total. The van der Waals surface area contributed by atoms with E-state index in [-0.39, 0.29) is 22.9 Å². The van der Waals surface area contributed by atoms with Crippen molar-refractivity contribution in [2.24, 2.45) is 0 Å². The summed E-state index contributed by atoms with van der Waals surface area (Å²) in [6, 6.07) is 20.5. The van der Waals surface area contributed by atoms with Gasteiger partial charge in [-0.05, 0) is 78.4 Å². The number of carboxylic acid groups (broad SMARTS) is 1. The Morgan fingerprint density at radius 3 is 1.77 bits per heavy atom. The first-order valence-electron chi connectivity index (χ1n) is 13.4. The minimum Gasteiger partial charge on any atom is -0.480 e. The number of aliphatic carboxylic acids is 1. The normalized spacial score (nSPS) is 12.4. The first-order valence-corrected chi connectivity index (χ1v) is 16.4. The molecule has 0 amide bonds. The number of rotatable bonds is 10. The summed E-state index contributed by atoms with van der Waals surface area (Å²) in [4.78, 5) is 11.0. The van der Waals surface area contributed by atoms with Gasteiger partial charge in [0.2, 0.25) is 10.0 Å². The van der Waals surface area contributed by atoms with Gasteiger partial charge in [-0.15, -0.1) is 0 Å². The minimum atomic E-state index is -4.53.